The van der Waals surface area contributed by atoms with Crippen molar-refractivity contribution in [1.29, 1.82) is 0 Å². The van der Waals surface area contributed by atoms with Gasteiger partial charge in [0.15, 0.2) is 0 Å². The molecule has 0 aliphatic carbocycles. The molecular weight excluding hydrogens is 342 g/mol. The number of halogens is 1. The number of benzene rings is 1. The van der Waals surface area contributed by atoms with E-state index in [9.17, 15) is 14.4 Å². The van der Waals surface area contributed by atoms with E-state index in [0.29, 0.717) is 28.8 Å². The van der Waals surface area contributed by atoms with Crippen molar-refractivity contribution in [2.75, 3.05) is 14.1 Å². The number of nitrogens with one attached hydrogen (secondary N) is 1. The number of hydrogen-bond acceptors (Lipinski definition) is 4. The maximum Gasteiger partial charge on any atom is 0.261 e. The highest BCUT2D eigenvalue weighted by molar-refractivity contribution is 6.21. The molecule has 1 N–H and O–H groups in total. The third kappa shape index (κ3) is 2.83. The van der Waals surface area contributed by atoms with E-state index in [2.05, 4.69) is 5.32 Å². The molecule has 3 aliphatic heterocycles. The average molecular weight is 364 g/mol. The Kier molecular flexibility index (Phi) is 4.60. The van der Waals surface area contributed by atoms with Crippen molar-refractivity contribution in [3.05, 3.63) is 34.9 Å². The van der Waals surface area contributed by atoms with E-state index in [1.807, 2.05) is 7.05 Å². The Balaban J connectivity index is 0.00000182. The van der Waals surface area contributed by atoms with Gasteiger partial charge in [-0.1, -0.05) is 0 Å². The van der Waals surface area contributed by atoms with Crippen molar-refractivity contribution in [2.45, 2.75) is 43.8 Å². The minimum absolute atomic E-state index is 0. The lowest BCUT2D eigenvalue weighted by Crippen LogP contribution is -2.48. The first-order valence-corrected chi connectivity index (χ1v) is 8.45. The van der Waals surface area contributed by atoms with Crippen molar-refractivity contribution in [3.63, 3.8) is 0 Å². The van der Waals surface area contributed by atoms with Crippen LogP contribution in [0.15, 0.2) is 18.2 Å². The van der Waals surface area contributed by atoms with Gasteiger partial charge in [-0.05, 0) is 43.9 Å². The number of piperidine rings is 1. The van der Waals surface area contributed by atoms with Crippen LogP contribution >= 0.6 is 12.4 Å². The summed E-state index contributed by atoms with van der Waals surface area (Å²) < 4.78 is 0. The van der Waals surface area contributed by atoms with Crippen LogP contribution in [0.2, 0.25) is 0 Å². The van der Waals surface area contributed by atoms with E-state index in [1.165, 1.54) is 19.9 Å². The van der Waals surface area contributed by atoms with Crippen molar-refractivity contribution in [3.8, 4) is 0 Å². The molecule has 0 radical (unpaired) electrons. The molecule has 1 aromatic rings. The number of imide groups is 1. The van der Waals surface area contributed by atoms with Crippen LogP contribution in [0.1, 0.15) is 56.8 Å². The lowest BCUT2D eigenvalue weighted by molar-refractivity contribution is 0.0677. The van der Waals surface area contributed by atoms with E-state index in [0.717, 1.165) is 17.7 Å². The Morgan fingerprint density at radius 3 is 2.36 bits per heavy atom. The maximum atomic E-state index is 12.8. The van der Waals surface area contributed by atoms with Gasteiger partial charge in [0.05, 0.1) is 11.1 Å². The molecule has 2 fully saturated rings. The van der Waals surface area contributed by atoms with E-state index in [-0.39, 0.29) is 36.2 Å². The van der Waals surface area contributed by atoms with Crippen LogP contribution in [0.5, 0.6) is 0 Å². The lowest BCUT2D eigenvalue weighted by atomic mass is 9.97. The molecule has 1 aromatic carbocycles. The molecule has 0 saturated carbocycles. The number of nitrogens with zero attached hydrogens (tertiary/aromatic N) is 2. The number of amides is 3. The van der Waals surface area contributed by atoms with Crippen molar-refractivity contribution in [2.24, 2.45) is 0 Å². The molecule has 25 heavy (non-hydrogen) atoms. The highest BCUT2D eigenvalue weighted by atomic mass is 35.5. The number of carbonyl (C=O) groups is 3. The fourth-order valence-corrected chi connectivity index (χ4v) is 4.21. The summed E-state index contributed by atoms with van der Waals surface area (Å²) in [5.74, 6) is -0.733. The second kappa shape index (κ2) is 6.42. The van der Waals surface area contributed by atoms with Gasteiger partial charge in [0.25, 0.3) is 17.7 Å². The summed E-state index contributed by atoms with van der Waals surface area (Å²) in [4.78, 5) is 39.8. The predicted octanol–water partition coefficient (Wildman–Crippen LogP) is 1.69. The van der Waals surface area contributed by atoms with Crippen LogP contribution in [0.25, 0.3) is 0 Å². The van der Waals surface area contributed by atoms with E-state index in [1.54, 1.807) is 23.1 Å². The topological polar surface area (TPSA) is 69.7 Å². The van der Waals surface area contributed by atoms with Crippen LogP contribution in [0.4, 0.5) is 0 Å². The van der Waals surface area contributed by atoms with Crippen LogP contribution < -0.4 is 5.32 Å². The third-order valence-electron chi connectivity index (χ3n) is 5.65. The highest BCUT2D eigenvalue weighted by Gasteiger charge is 2.37. The summed E-state index contributed by atoms with van der Waals surface area (Å²) in [7, 11) is 3.30. The van der Waals surface area contributed by atoms with E-state index in [4.69, 9.17) is 0 Å². The first-order chi connectivity index (χ1) is 11.5. The molecule has 3 heterocycles. The predicted molar refractivity (Wildman–Crippen MR) is 95.2 cm³/mol. The van der Waals surface area contributed by atoms with Gasteiger partial charge in [-0.25, -0.2) is 0 Å². The van der Waals surface area contributed by atoms with E-state index >= 15 is 0 Å². The summed E-state index contributed by atoms with van der Waals surface area (Å²) in [6.45, 7) is 0. The van der Waals surface area contributed by atoms with Gasteiger partial charge in [0, 0.05) is 37.8 Å². The SMILES string of the molecule is CN1C(=O)c2ccc(C(=O)N(C)C3CC4CCC(C3)N4)cc2C1=O.Cl. The number of carbonyl (C=O) groups excluding carboxylic acids is 3. The normalized spacial score (nSPS) is 27.1. The zero-order valence-corrected chi connectivity index (χ0v) is 15.1. The molecule has 0 aromatic heterocycles. The summed E-state index contributed by atoms with van der Waals surface area (Å²) in [5, 5.41) is 3.58. The van der Waals surface area contributed by atoms with Crippen molar-refractivity contribution < 1.29 is 14.4 Å². The minimum Gasteiger partial charge on any atom is -0.339 e. The first kappa shape index (κ1) is 17.9. The van der Waals surface area contributed by atoms with Gasteiger partial charge in [-0.15, -0.1) is 12.4 Å². The van der Waals surface area contributed by atoms with Gasteiger partial charge in [0.1, 0.15) is 0 Å². The number of hydrogen-bond donors (Lipinski definition) is 1. The average Bonchev–Trinajstić information content (AvgIpc) is 3.05. The molecule has 2 unspecified atom stereocenters. The summed E-state index contributed by atoms with van der Waals surface area (Å²) in [6, 6.07) is 6.05. The molecule has 0 spiro atoms. The van der Waals surface area contributed by atoms with Gasteiger partial charge in [-0.3, -0.25) is 19.3 Å². The van der Waals surface area contributed by atoms with Gasteiger partial charge in [-0.2, -0.15) is 0 Å². The van der Waals surface area contributed by atoms with Gasteiger partial charge in [0.2, 0.25) is 0 Å². The quantitative estimate of drug-likeness (QED) is 0.812. The highest BCUT2D eigenvalue weighted by Crippen LogP contribution is 2.30. The van der Waals surface area contributed by atoms with Crippen LogP contribution in [-0.4, -0.2) is 59.7 Å². The number of rotatable bonds is 2. The Morgan fingerprint density at radius 2 is 1.72 bits per heavy atom. The Labute approximate surface area is 153 Å². The van der Waals surface area contributed by atoms with Crippen LogP contribution in [0, 0.1) is 0 Å². The first-order valence-electron chi connectivity index (χ1n) is 8.45. The second-order valence-corrected chi connectivity index (χ2v) is 7.11. The largest absolute Gasteiger partial charge is 0.339 e. The molecule has 2 bridgehead atoms. The molecule has 2 saturated heterocycles. The Morgan fingerprint density at radius 1 is 1.12 bits per heavy atom. The lowest BCUT2D eigenvalue weighted by Gasteiger charge is -2.35. The standard InChI is InChI=1S/C18H21N3O3.ClH/c1-20(13-8-11-4-5-12(9-13)19-11)16(22)10-3-6-14-15(7-10)18(24)21(2)17(14)23;/h3,6-7,11-13,19H,4-5,8-9H2,1-2H3;1H. The minimum atomic E-state index is -0.341. The maximum absolute atomic E-state index is 12.8. The zero-order chi connectivity index (χ0) is 17.0. The molecule has 6 nitrogen and oxygen atoms in total. The van der Waals surface area contributed by atoms with Crippen molar-refractivity contribution >= 4 is 30.1 Å². The zero-order valence-electron chi connectivity index (χ0n) is 14.3. The van der Waals surface area contributed by atoms with Crippen molar-refractivity contribution in [1.82, 2.24) is 15.1 Å². The Bertz CT molecular complexity index is 739. The van der Waals surface area contributed by atoms with Gasteiger partial charge < -0.3 is 10.2 Å². The Hall–Kier alpha value is -1.92. The third-order valence-corrected chi connectivity index (χ3v) is 5.65. The second-order valence-electron chi connectivity index (χ2n) is 7.11. The molecule has 3 aliphatic rings. The summed E-state index contributed by atoms with van der Waals surface area (Å²) in [6.07, 6.45) is 4.32. The van der Waals surface area contributed by atoms with E-state index < -0.39 is 0 Å². The fourth-order valence-electron chi connectivity index (χ4n) is 4.21. The van der Waals surface area contributed by atoms with Crippen LogP contribution in [0.3, 0.4) is 0 Å². The monoisotopic (exact) mass is 363 g/mol. The molecule has 134 valence electrons. The number of fused-ring (bicyclic) bond motifs is 3. The summed E-state index contributed by atoms with van der Waals surface area (Å²) >= 11 is 0. The molecule has 3 amide bonds. The molecule has 4 rings (SSSR count). The molecular formula is C18H22ClN3O3. The molecule has 7 heteroatoms. The fraction of sp³-hybridized carbons (Fsp3) is 0.500. The smallest absolute Gasteiger partial charge is 0.261 e. The summed E-state index contributed by atoms with van der Waals surface area (Å²) in [5.41, 5.74) is 1.17. The molecule has 2 atom stereocenters. The van der Waals surface area contributed by atoms with Gasteiger partial charge >= 0.3 is 0 Å². The van der Waals surface area contributed by atoms with Crippen LogP contribution in [-0.2, 0) is 0 Å².